The van der Waals surface area contributed by atoms with E-state index in [9.17, 15) is 47.9 Å². The highest BCUT2D eigenvalue weighted by Crippen LogP contribution is 2.32. The summed E-state index contributed by atoms with van der Waals surface area (Å²) in [5, 5.41) is 16.6. The van der Waals surface area contributed by atoms with Crippen LogP contribution >= 0.6 is 0 Å². The number of ether oxygens (including phenoxy) is 2. The number of carbonyl (C=O) groups is 8. The molecule has 124 heavy (non-hydrogen) atoms. The maximum Gasteiger partial charge on any atom is 0.345 e. The number of halogens is 4. The number of rotatable bonds is 30. The van der Waals surface area contributed by atoms with Gasteiger partial charge >= 0.3 is 24.0 Å². The van der Waals surface area contributed by atoms with E-state index in [0.29, 0.717) is 72.4 Å². The number of amides is 8. The minimum atomic E-state index is -1.00. The predicted octanol–water partition coefficient (Wildman–Crippen LogP) is 10.3. The SMILES string of the molecule is CCNC(=O)Nc1ccc(-c2nc3n(Cc4c(F)cccc4F)cc(C(=O)OCC)c(=O)n3c2CN(CC(=O)N2CCC[C@H]2C(=O)NCC#Cc2cccc(C#CCNC(=O)[C@@H]3CCCN3C(=O)CN(Cc3ccccc3)Cc3c(-c4ccc(NC(=O)NCC)cc4)nc4n(Cc5c(F)cccc5F)cc(C(=O)OCC)c(=O)n34)c2)Cc2ccccc2)cc1. The molecule has 13 rings (SSSR count). The van der Waals surface area contributed by atoms with Crippen LogP contribution in [-0.4, -0.2) is 173 Å². The van der Waals surface area contributed by atoms with Gasteiger partial charge in [0.2, 0.25) is 35.2 Å². The van der Waals surface area contributed by atoms with Crippen molar-refractivity contribution in [3.05, 3.63) is 282 Å². The molecule has 28 nitrogen and oxygen atoms in total. The van der Waals surface area contributed by atoms with Gasteiger partial charge in [0.25, 0.3) is 11.1 Å². The molecule has 0 bridgehead atoms. The molecule has 11 aromatic rings. The Morgan fingerprint density at radius 1 is 0.468 bits per heavy atom. The van der Waals surface area contributed by atoms with Crippen molar-refractivity contribution in [2.75, 3.05) is 76.2 Å². The average molecular weight is 1690 g/mol. The number of anilines is 2. The molecule has 6 heterocycles. The van der Waals surface area contributed by atoms with Crippen molar-refractivity contribution in [2.24, 2.45) is 0 Å². The lowest BCUT2D eigenvalue weighted by molar-refractivity contribution is -0.139. The van der Waals surface area contributed by atoms with Crippen LogP contribution < -0.4 is 43.0 Å². The van der Waals surface area contributed by atoms with Crippen molar-refractivity contribution in [1.82, 2.24) is 68.8 Å². The van der Waals surface area contributed by atoms with E-state index in [1.54, 1.807) is 110 Å². The van der Waals surface area contributed by atoms with Crippen LogP contribution in [0.15, 0.2) is 192 Å². The zero-order chi connectivity index (χ0) is 87.5. The summed E-state index contributed by atoms with van der Waals surface area (Å²) in [5.41, 5.74) is 1.77. The van der Waals surface area contributed by atoms with Crippen molar-refractivity contribution in [2.45, 2.75) is 105 Å². The molecule has 32 heteroatoms. The molecule has 8 amide bonds. The largest absolute Gasteiger partial charge is 0.462 e. The van der Waals surface area contributed by atoms with Crippen LogP contribution in [0.25, 0.3) is 34.1 Å². The van der Waals surface area contributed by atoms with Crippen molar-refractivity contribution >= 4 is 70.6 Å². The number of esters is 2. The fourth-order valence-corrected chi connectivity index (χ4v) is 15.1. The summed E-state index contributed by atoms with van der Waals surface area (Å²) < 4.78 is 77.6. The van der Waals surface area contributed by atoms with Crippen LogP contribution in [-0.2, 0) is 67.9 Å². The number of carbonyl (C=O) groups excluding carboxylic acids is 8. The Labute approximate surface area is 710 Å². The van der Waals surface area contributed by atoms with Gasteiger partial charge < -0.3 is 60.3 Å². The summed E-state index contributed by atoms with van der Waals surface area (Å²) in [6, 6.07) is 42.7. The molecule has 2 aliphatic heterocycles. The fraction of sp³-hybridized carbons (Fsp3) is 0.283. The number of imidazole rings is 2. The van der Waals surface area contributed by atoms with Crippen LogP contribution in [0.2, 0.25) is 0 Å². The lowest BCUT2D eigenvalue weighted by Crippen LogP contribution is -2.49. The van der Waals surface area contributed by atoms with E-state index in [1.807, 2.05) is 60.7 Å². The Balaban J connectivity index is 0.685. The van der Waals surface area contributed by atoms with Crippen molar-refractivity contribution < 1.29 is 65.4 Å². The standard InChI is InChI=1S/C92H90F4N16O12/c1-5-97-89(121)101-65-40-36-63(37-41-65)81-77(111-85(117)69(87(119)123-7-3)53-107(91(111)103-81)51-67-71(93)30-16-31-72(67)94)55-105(49-61-22-11-9-12-23-61)57-79(113)109-46-20-34-75(109)83(115)99-44-18-28-59-26-15-27-60(48-59)29-19-45-100-84(116)76-35-21-47-110(76)80(114)58-106(50-62-24-13-10-14-25-62)56-78-82(64-38-42-66(43-39-64)102-90(122)98-6-2)104-92-108(52-68-73(95)32-17-33-74(68)96)54-70(86(118)112(78)92)88(120)124-8-4/h9-17,22-27,30-33,36-43,48,53-54,75-76H,5-8,20-21,34-35,44-47,49-52,55-58H2,1-4H3,(H,99,115)(H,100,116)(H2,97,101,121)(H2,98,102,122)/t75-,76-/m0/s1. The molecule has 0 spiro atoms. The molecule has 6 N–H and O–H groups in total. The number of hydrogen-bond donors (Lipinski definition) is 6. The normalized spacial score (nSPS) is 13.6. The summed E-state index contributed by atoms with van der Waals surface area (Å²) in [4.78, 5) is 157. The van der Waals surface area contributed by atoms with Crippen LogP contribution in [0.1, 0.15) is 119 Å². The first-order chi connectivity index (χ1) is 60.1. The summed E-state index contributed by atoms with van der Waals surface area (Å²) in [6.45, 7) is 5.75. The van der Waals surface area contributed by atoms with Gasteiger partial charge in [-0.25, -0.2) is 55.5 Å². The maximum absolute atomic E-state index is 15.5. The molecule has 2 fully saturated rings. The first-order valence-corrected chi connectivity index (χ1v) is 40.6. The van der Waals surface area contributed by atoms with Crippen molar-refractivity contribution in [1.29, 1.82) is 0 Å². The number of hydrogen-bond acceptors (Lipinski definition) is 16. The van der Waals surface area contributed by atoms with Gasteiger partial charge in [0.15, 0.2) is 0 Å². The summed E-state index contributed by atoms with van der Waals surface area (Å²) in [5.74, 6) is 4.65. The van der Waals surface area contributed by atoms with Gasteiger partial charge in [-0.3, -0.25) is 38.6 Å². The second-order valence-electron chi connectivity index (χ2n) is 29.4. The second-order valence-corrected chi connectivity index (χ2v) is 29.4. The molecule has 0 unspecified atom stereocenters. The van der Waals surface area contributed by atoms with Gasteiger partial charge in [-0.05, 0) is 131 Å². The van der Waals surface area contributed by atoms with E-state index in [-0.39, 0.29) is 124 Å². The van der Waals surface area contributed by atoms with E-state index in [2.05, 4.69) is 55.6 Å². The quantitative estimate of drug-likeness (QED) is 0.0138. The Morgan fingerprint density at radius 3 is 1.22 bits per heavy atom. The van der Waals surface area contributed by atoms with Gasteiger partial charge in [-0.2, -0.15) is 0 Å². The predicted molar refractivity (Wildman–Crippen MR) is 455 cm³/mol. The molecule has 7 aromatic carbocycles. The highest BCUT2D eigenvalue weighted by Gasteiger charge is 2.38. The zero-order valence-electron chi connectivity index (χ0n) is 68.5. The monoisotopic (exact) mass is 1690 g/mol. The van der Waals surface area contributed by atoms with Gasteiger partial charge in [0.05, 0.1) is 75.3 Å². The number of likely N-dealkylation sites (tertiary alicyclic amines) is 2. The minimum Gasteiger partial charge on any atom is -0.462 e. The number of nitrogens with zero attached hydrogens (tertiary/aromatic N) is 10. The molecule has 2 saturated heterocycles. The number of urea groups is 2. The molecule has 4 aromatic heterocycles. The molecular weight excluding hydrogens is 1600 g/mol. The van der Waals surface area contributed by atoms with Crippen molar-refractivity contribution in [3.8, 4) is 46.2 Å². The van der Waals surface area contributed by atoms with E-state index >= 15 is 17.6 Å². The minimum absolute atomic E-state index is 0.0924. The van der Waals surface area contributed by atoms with Crippen LogP contribution in [0.5, 0.6) is 0 Å². The van der Waals surface area contributed by atoms with Crippen LogP contribution in [0.4, 0.5) is 38.5 Å². The van der Waals surface area contributed by atoms with Gasteiger partial charge in [-0.1, -0.05) is 127 Å². The smallest absolute Gasteiger partial charge is 0.345 e. The van der Waals surface area contributed by atoms with Crippen LogP contribution in [0, 0.1) is 47.0 Å². The Hall–Kier alpha value is -14.5. The van der Waals surface area contributed by atoms with E-state index in [0.717, 1.165) is 47.8 Å². The summed E-state index contributed by atoms with van der Waals surface area (Å²) in [6.07, 6.45) is 3.99. The highest BCUT2D eigenvalue weighted by molar-refractivity contribution is 5.93. The molecule has 638 valence electrons. The average Bonchev–Trinajstić information content (AvgIpc) is 1.58. The second kappa shape index (κ2) is 40.7. The number of aromatic nitrogens is 6. The van der Waals surface area contributed by atoms with Gasteiger partial charge in [0, 0.05) is 110 Å². The third kappa shape index (κ3) is 20.9. The molecule has 0 saturated carbocycles. The van der Waals surface area contributed by atoms with E-state index in [4.69, 9.17) is 19.4 Å². The topological polar surface area (TPSA) is 319 Å². The van der Waals surface area contributed by atoms with E-state index < -0.39 is 118 Å². The van der Waals surface area contributed by atoms with Gasteiger partial charge in [0.1, 0.15) is 46.5 Å². The molecule has 0 radical (unpaired) electrons. The first-order valence-electron chi connectivity index (χ1n) is 40.6. The number of nitrogens with one attached hydrogen (secondary N) is 6. The van der Waals surface area contributed by atoms with Crippen LogP contribution in [0.3, 0.4) is 0 Å². The Morgan fingerprint density at radius 2 is 0.847 bits per heavy atom. The number of benzene rings is 7. The Bertz CT molecular complexity index is 5690. The lowest BCUT2D eigenvalue weighted by Gasteiger charge is -2.28. The van der Waals surface area contributed by atoms with Gasteiger partial charge in [-0.15, -0.1) is 0 Å². The summed E-state index contributed by atoms with van der Waals surface area (Å²) >= 11 is 0. The maximum atomic E-state index is 15.5. The summed E-state index contributed by atoms with van der Waals surface area (Å²) in [7, 11) is 0. The first kappa shape index (κ1) is 87.3. The molecular formula is C92H90F4N16O12. The molecule has 2 aliphatic rings. The third-order valence-corrected chi connectivity index (χ3v) is 20.9. The lowest BCUT2D eigenvalue weighted by atomic mass is 10.1. The third-order valence-electron chi connectivity index (χ3n) is 20.9. The molecule has 0 aliphatic carbocycles. The van der Waals surface area contributed by atoms with Crippen molar-refractivity contribution in [3.63, 3.8) is 0 Å². The fourth-order valence-electron chi connectivity index (χ4n) is 15.1. The highest BCUT2D eigenvalue weighted by atomic mass is 19.1. The van der Waals surface area contributed by atoms with E-state index in [1.165, 1.54) is 39.9 Å². The zero-order valence-corrected chi connectivity index (χ0v) is 68.5. The Kier molecular flexibility index (Phi) is 28.7. The molecule has 2 atom stereocenters. The number of fused-ring (bicyclic) bond motifs is 2.